The Morgan fingerprint density at radius 1 is 1.38 bits per heavy atom. The number of rotatable bonds is 7. The Morgan fingerprint density at radius 2 is 2.04 bits per heavy atom. The predicted molar refractivity (Wildman–Crippen MR) is 89.5 cm³/mol. The minimum absolute atomic E-state index is 0.222. The summed E-state index contributed by atoms with van der Waals surface area (Å²) in [7, 11) is 0. The van der Waals surface area contributed by atoms with Gasteiger partial charge in [-0.2, -0.15) is 5.10 Å². The molecule has 1 heterocycles. The number of aliphatic hydroxyl groups excluding tert-OH is 1. The number of nitrogens with one attached hydrogen (secondary N) is 1. The molecule has 0 saturated heterocycles. The zero-order chi connectivity index (χ0) is 17.7. The molecule has 1 aromatic carbocycles. The van der Waals surface area contributed by atoms with Crippen LogP contribution in [0.5, 0.6) is 0 Å². The van der Waals surface area contributed by atoms with Crippen molar-refractivity contribution in [2.24, 2.45) is 5.84 Å². The van der Waals surface area contributed by atoms with Crippen LogP contribution in [0.2, 0.25) is 0 Å². The van der Waals surface area contributed by atoms with Crippen LogP contribution >= 0.6 is 0 Å². The fourth-order valence-corrected chi connectivity index (χ4v) is 2.59. The van der Waals surface area contributed by atoms with E-state index in [0.717, 1.165) is 5.56 Å². The van der Waals surface area contributed by atoms with E-state index in [9.17, 15) is 14.7 Å². The highest BCUT2D eigenvalue weighted by molar-refractivity contribution is 5.75. The lowest BCUT2D eigenvalue weighted by Gasteiger charge is -2.16. The Balaban J connectivity index is 2.19. The van der Waals surface area contributed by atoms with Crippen LogP contribution in [0, 0.1) is 0 Å². The molecule has 0 aliphatic rings. The van der Waals surface area contributed by atoms with Crippen LogP contribution in [0.4, 0.5) is 0 Å². The number of amides is 1. The lowest BCUT2D eigenvalue weighted by molar-refractivity contribution is -0.121. The van der Waals surface area contributed by atoms with Crippen molar-refractivity contribution in [3.05, 3.63) is 46.6 Å². The van der Waals surface area contributed by atoms with Gasteiger partial charge < -0.3 is 5.11 Å². The van der Waals surface area contributed by atoms with Gasteiger partial charge in [-0.15, -0.1) is 0 Å². The smallest absolute Gasteiger partial charge is 0.350 e. The third-order valence-corrected chi connectivity index (χ3v) is 4.00. The normalized spacial score (nSPS) is 13.5. The standard InChI is InChI=1S/C16H23N5O3/c1-3-14(11(2)22)21-16(24)20(10-18-21)13-7-4-12(5-8-13)6-9-15(23)19-17/h4-5,7-8,10-11,14,22H,3,6,9,17H2,1-2H3,(H,19,23)/t11-,14?/m0/s1. The molecule has 24 heavy (non-hydrogen) atoms. The molecule has 1 unspecified atom stereocenters. The Kier molecular flexibility index (Phi) is 5.88. The van der Waals surface area contributed by atoms with Gasteiger partial charge >= 0.3 is 5.69 Å². The van der Waals surface area contributed by atoms with E-state index in [0.29, 0.717) is 24.9 Å². The van der Waals surface area contributed by atoms with Gasteiger partial charge in [0.25, 0.3) is 0 Å². The molecule has 0 saturated carbocycles. The fourth-order valence-electron chi connectivity index (χ4n) is 2.59. The largest absolute Gasteiger partial charge is 0.391 e. The van der Waals surface area contributed by atoms with Crippen molar-refractivity contribution < 1.29 is 9.90 Å². The van der Waals surface area contributed by atoms with E-state index < -0.39 is 6.10 Å². The van der Waals surface area contributed by atoms with Crippen LogP contribution in [-0.2, 0) is 11.2 Å². The first-order valence-electron chi connectivity index (χ1n) is 7.91. The van der Waals surface area contributed by atoms with Crippen LogP contribution in [0.25, 0.3) is 5.69 Å². The summed E-state index contributed by atoms with van der Waals surface area (Å²) < 4.78 is 2.74. The Morgan fingerprint density at radius 3 is 2.58 bits per heavy atom. The summed E-state index contributed by atoms with van der Waals surface area (Å²) in [5.74, 6) is 4.83. The summed E-state index contributed by atoms with van der Waals surface area (Å²) in [4.78, 5) is 23.7. The van der Waals surface area contributed by atoms with Gasteiger partial charge in [0.05, 0.1) is 17.8 Å². The Bertz CT molecular complexity index is 733. The summed E-state index contributed by atoms with van der Waals surface area (Å²) >= 11 is 0. The van der Waals surface area contributed by atoms with Crippen LogP contribution in [0.15, 0.2) is 35.4 Å². The second kappa shape index (κ2) is 7.89. The molecule has 0 radical (unpaired) electrons. The summed E-state index contributed by atoms with van der Waals surface area (Å²) in [6, 6.07) is 6.95. The molecule has 0 aliphatic carbocycles. The van der Waals surface area contributed by atoms with Crippen molar-refractivity contribution in [1.29, 1.82) is 0 Å². The molecule has 2 aromatic rings. The molecule has 2 rings (SSSR count). The average Bonchev–Trinajstić information content (AvgIpc) is 2.95. The van der Waals surface area contributed by atoms with Crippen LogP contribution < -0.4 is 17.0 Å². The molecule has 0 bridgehead atoms. The Hall–Kier alpha value is -2.45. The lowest BCUT2D eigenvalue weighted by Crippen LogP contribution is -2.32. The summed E-state index contributed by atoms with van der Waals surface area (Å²) in [6.07, 6.45) is 2.27. The molecular formula is C16H23N5O3. The highest BCUT2D eigenvalue weighted by atomic mass is 16.3. The van der Waals surface area contributed by atoms with Gasteiger partial charge in [0, 0.05) is 6.42 Å². The number of aliphatic hydroxyl groups is 1. The van der Waals surface area contributed by atoms with Gasteiger partial charge in [-0.3, -0.25) is 10.2 Å². The van der Waals surface area contributed by atoms with Gasteiger partial charge in [-0.25, -0.2) is 19.9 Å². The molecule has 0 fully saturated rings. The van der Waals surface area contributed by atoms with Crippen molar-refractivity contribution in [2.75, 3.05) is 0 Å². The van der Waals surface area contributed by atoms with Gasteiger partial charge in [-0.1, -0.05) is 19.1 Å². The minimum Gasteiger partial charge on any atom is -0.391 e. The number of hydrazine groups is 1. The molecule has 0 aliphatic heterocycles. The van der Waals surface area contributed by atoms with Gasteiger partial charge in [0.1, 0.15) is 6.33 Å². The predicted octanol–water partition coefficient (Wildman–Crippen LogP) is 0.288. The highest BCUT2D eigenvalue weighted by Crippen LogP contribution is 2.14. The second-order valence-corrected chi connectivity index (χ2v) is 5.68. The molecule has 0 spiro atoms. The number of nitrogens with zero attached hydrogens (tertiary/aromatic N) is 3. The molecule has 4 N–H and O–H groups in total. The zero-order valence-corrected chi connectivity index (χ0v) is 13.8. The highest BCUT2D eigenvalue weighted by Gasteiger charge is 2.19. The van der Waals surface area contributed by atoms with E-state index in [4.69, 9.17) is 5.84 Å². The maximum absolute atomic E-state index is 12.5. The van der Waals surface area contributed by atoms with E-state index in [1.54, 1.807) is 19.1 Å². The van der Waals surface area contributed by atoms with Gasteiger partial charge in [0.2, 0.25) is 5.91 Å². The maximum atomic E-state index is 12.5. The molecule has 2 atom stereocenters. The number of benzene rings is 1. The summed E-state index contributed by atoms with van der Waals surface area (Å²) in [5, 5.41) is 13.9. The number of carbonyl (C=O) groups excluding carboxylic acids is 1. The van der Waals surface area contributed by atoms with E-state index in [1.807, 2.05) is 19.1 Å². The van der Waals surface area contributed by atoms with Crippen molar-refractivity contribution in [3.8, 4) is 5.69 Å². The first-order valence-corrected chi connectivity index (χ1v) is 7.91. The number of aryl methyl sites for hydroxylation is 1. The lowest BCUT2D eigenvalue weighted by atomic mass is 10.1. The SMILES string of the molecule is CCC([C@H](C)O)n1ncn(-c2ccc(CCC(=O)NN)cc2)c1=O. The molecule has 1 aromatic heterocycles. The zero-order valence-electron chi connectivity index (χ0n) is 13.8. The third-order valence-electron chi connectivity index (χ3n) is 4.00. The van der Waals surface area contributed by atoms with Crippen LogP contribution in [-0.4, -0.2) is 31.5 Å². The minimum atomic E-state index is -0.660. The maximum Gasteiger partial charge on any atom is 0.350 e. The summed E-state index contributed by atoms with van der Waals surface area (Å²) in [6.45, 7) is 3.54. The second-order valence-electron chi connectivity index (χ2n) is 5.68. The number of nitrogens with two attached hydrogens (primary N) is 1. The fraction of sp³-hybridized carbons (Fsp3) is 0.438. The molecule has 130 valence electrons. The van der Waals surface area contributed by atoms with Crippen molar-refractivity contribution in [1.82, 2.24) is 19.8 Å². The van der Waals surface area contributed by atoms with Gasteiger partial charge in [-0.05, 0) is 37.5 Å². The first kappa shape index (κ1) is 17.9. The summed E-state index contributed by atoms with van der Waals surface area (Å²) in [5.41, 5.74) is 3.45. The van der Waals surface area contributed by atoms with Crippen molar-refractivity contribution >= 4 is 5.91 Å². The molecule has 1 amide bonds. The molecule has 8 heteroatoms. The van der Waals surface area contributed by atoms with E-state index in [-0.39, 0.29) is 17.6 Å². The van der Waals surface area contributed by atoms with Crippen molar-refractivity contribution in [3.63, 3.8) is 0 Å². The number of hydrogen-bond acceptors (Lipinski definition) is 5. The quantitative estimate of drug-likeness (QED) is 0.383. The molecule has 8 nitrogen and oxygen atoms in total. The number of hydrogen-bond donors (Lipinski definition) is 3. The number of carbonyl (C=O) groups is 1. The third kappa shape index (κ3) is 3.90. The first-order chi connectivity index (χ1) is 11.5. The topological polar surface area (TPSA) is 115 Å². The molecular weight excluding hydrogens is 310 g/mol. The van der Waals surface area contributed by atoms with Crippen molar-refractivity contribution in [2.45, 2.75) is 45.3 Å². The van der Waals surface area contributed by atoms with E-state index in [2.05, 4.69) is 10.5 Å². The van der Waals surface area contributed by atoms with Crippen LogP contribution in [0.3, 0.4) is 0 Å². The van der Waals surface area contributed by atoms with E-state index >= 15 is 0 Å². The Labute approximate surface area is 139 Å². The number of aromatic nitrogens is 3. The van der Waals surface area contributed by atoms with Gasteiger partial charge in [0.15, 0.2) is 0 Å². The van der Waals surface area contributed by atoms with Crippen LogP contribution in [0.1, 0.15) is 38.3 Å². The monoisotopic (exact) mass is 333 g/mol. The average molecular weight is 333 g/mol. The van der Waals surface area contributed by atoms with E-state index in [1.165, 1.54) is 15.6 Å².